The van der Waals surface area contributed by atoms with Gasteiger partial charge in [-0.1, -0.05) is 32.9 Å². The molecule has 0 spiro atoms. The minimum Gasteiger partial charge on any atom is -0.493 e. The Morgan fingerprint density at radius 1 is 1.23 bits per heavy atom. The zero-order valence-corrected chi connectivity index (χ0v) is 14.0. The SMILES string of the molecule is CCCN1C(=O)S/C(=C/c2ccc(OCC(C)C)cc2)C1=O. The molecule has 118 valence electrons. The quantitative estimate of drug-likeness (QED) is 0.738. The Balaban J connectivity index is 2.06. The van der Waals surface area contributed by atoms with E-state index in [2.05, 4.69) is 13.8 Å². The predicted octanol–water partition coefficient (Wildman–Crippen LogP) is 4.17. The van der Waals surface area contributed by atoms with Crippen LogP contribution in [0.25, 0.3) is 6.08 Å². The number of nitrogens with zero attached hydrogens (tertiary/aromatic N) is 1. The van der Waals surface area contributed by atoms with Gasteiger partial charge in [0.1, 0.15) is 5.75 Å². The van der Waals surface area contributed by atoms with Gasteiger partial charge < -0.3 is 4.74 Å². The smallest absolute Gasteiger partial charge is 0.293 e. The summed E-state index contributed by atoms with van der Waals surface area (Å²) >= 11 is 1.00. The van der Waals surface area contributed by atoms with Crippen LogP contribution in [0.15, 0.2) is 29.2 Å². The van der Waals surface area contributed by atoms with Crippen molar-refractivity contribution in [1.82, 2.24) is 4.90 Å². The second-order valence-corrected chi connectivity index (χ2v) is 6.60. The summed E-state index contributed by atoms with van der Waals surface area (Å²) in [5.74, 6) is 1.09. The predicted molar refractivity (Wildman–Crippen MR) is 89.7 cm³/mol. The van der Waals surface area contributed by atoms with Gasteiger partial charge in [0.15, 0.2) is 0 Å². The van der Waals surface area contributed by atoms with Crippen molar-refractivity contribution in [2.24, 2.45) is 5.92 Å². The van der Waals surface area contributed by atoms with E-state index in [4.69, 9.17) is 4.74 Å². The van der Waals surface area contributed by atoms with E-state index < -0.39 is 0 Å². The second-order valence-electron chi connectivity index (χ2n) is 5.61. The number of carbonyl (C=O) groups excluding carboxylic acids is 2. The van der Waals surface area contributed by atoms with Crippen molar-refractivity contribution in [1.29, 1.82) is 0 Å². The van der Waals surface area contributed by atoms with Crippen LogP contribution in [0.3, 0.4) is 0 Å². The van der Waals surface area contributed by atoms with E-state index in [1.54, 1.807) is 6.08 Å². The summed E-state index contributed by atoms with van der Waals surface area (Å²) in [4.78, 5) is 25.7. The highest BCUT2D eigenvalue weighted by atomic mass is 32.2. The monoisotopic (exact) mass is 319 g/mol. The van der Waals surface area contributed by atoms with Gasteiger partial charge in [-0.15, -0.1) is 0 Å². The number of imide groups is 1. The van der Waals surface area contributed by atoms with Crippen LogP contribution in [0.5, 0.6) is 5.75 Å². The molecule has 0 radical (unpaired) electrons. The molecular formula is C17H21NO3S. The van der Waals surface area contributed by atoms with Crippen molar-refractivity contribution in [3.05, 3.63) is 34.7 Å². The van der Waals surface area contributed by atoms with E-state index in [1.807, 2.05) is 31.2 Å². The van der Waals surface area contributed by atoms with Crippen molar-refractivity contribution in [3.63, 3.8) is 0 Å². The zero-order valence-electron chi connectivity index (χ0n) is 13.2. The lowest BCUT2D eigenvalue weighted by molar-refractivity contribution is -0.122. The highest BCUT2D eigenvalue weighted by molar-refractivity contribution is 8.18. The number of amides is 2. The number of ether oxygens (including phenoxy) is 1. The third kappa shape index (κ3) is 4.13. The summed E-state index contributed by atoms with van der Waals surface area (Å²) in [5.41, 5.74) is 0.888. The number of benzene rings is 1. The van der Waals surface area contributed by atoms with Crippen LogP contribution in [0.2, 0.25) is 0 Å². The molecule has 1 fully saturated rings. The maximum Gasteiger partial charge on any atom is 0.293 e. The van der Waals surface area contributed by atoms with Crippen molar-refractivity contribution in [3.8, 4) is 5.75 Å². The minimum absolute atomic E-state index is 0.185. The number of hydrogen-bond acceptors (Lipinski definition) is 4. The first kappa shape index (κ1) is 16.6. The Morgan fingerprint density at radius 2 is 1.91 bits per heavy atom. The van der Waals surface area contributed by atoms with Crippen molar-refractivity contribution >= 4 is 29.0 Å². The summed E-state index contributed by atoms with van der Waals surface area (Å²) < 4.78 is 5.62. The van der Waals surface area contributed by atoms with E-state index in [0.717, 1.165) is 29.5 Å². The Morgan fingerprint density at radius 3 is 2.50 bits per heavy atom. The molecule has 0 atom stereocenters. The number of rotatable bonds is 6. The third-order valence-electron chi connectivity index (χ3n) is 3.08. The van der Waals surface area contributed by atoms with Gasteiger partial charge in [0.25, 0.3) is 11.1 Å². The highest BCUT2D eigenvalue weighted by Crippen LogP contribution is 2.32. The molecule has 1 aromatic rings. The van der Waals surface area contributed by atoms with E-state index in [9.17, 15) is 9.59 Å². The fourth-order valence-corrected chi connectivity index (χ4v) is 2.86. The van der Waals surface area contributed by atoms with Crippen LogP contribution in [-0.2, 0) is 4.79 Å². The van der Waals surface area contributed by atoms with Crippen molar-refractivity contribution in [2.45, 2.75) is 27.2 Å². The van der Waals surface area contributed by atoms with Crippen LogP contribution in [0.1, 0.15) is 32.8 Å². The molecule has 0 unspecified atom stereocenters. The second kappa shape index (κ2) is 7.49. The van der Waals surface area contributed by atoms with Crippen LogP contribution >= 0.6 is 11.8 Å². The lowest BCUT2D eigenvalue weighted by atomic mass is 10.2. The minimum atomic E-state index is -0.197. The van der Waals surface area contributed by atoms with E-state index in [1.165, 1.54) is 4.90 Å². The molecule has 0 bridgehead atoms. The topological polar surface area (TPSA) is 46.6 Å². The number of hydrogen-bond donors (Lipinski definition) is 0. The van der Waals surface area contributed by atoms with Crippen LogP contribution in [0.4, 0.5) is 4.79 Å². The Bertz CT molecular complexity index is 578. The van der Waals surface area contributed by atoms with E-state index in [-0.39, 0.29) is 11.1 Å². The van der Waals surface area contributed by atoms with Crippen LogP contribution < -0.4 is 4.74 Å². The molecular weight excluding hydrogens is 298 g/mol. The molecule has 5 heteroatoms. The van der Waals surface area contributed by atoms with Gasteiger partial charge in [0.2, 0.25) is 0 Å². The molecule has 0 saturated carbocycles. The summed E-state index contributed by atoms with van der Waals surface area (Å²) in [6.07, 6.45) is 2.53. The maximum absolute atomic E-state index is 12.1. The van der Waals surface area contributed by atoms with Gasteiger partial charge in [-0.3, -0.25) is 14.5 Å². The van der Waals surface area contributed by atoms with E-state index in [0.29, 0.717) is 24.0 Å². The Hall–Kier alpha value is -1.75. The van der Waals surface area contributed by atoms with Gasteiger partial charge in [0.05, 0.1) is 11.5 Å². The number of thioether (sulfide) groups is 1. The molecule has 1 aliphatic heterocycles. The molecule has 1 aromatic carbocycles. The summed E-state index contributed by atoms with van der Waals surface area (Å²) in [5, 5.41) is -0.185. The molecule has 0 N–H and O–H groups in total. The number of carbonyl (C=O) groups is 2. The van der Waals surface area contributed by atoms with Gasteiger partial charge in [-0.25, -0.2) is 0 Å². The molecule has 2 rings (SSSR count). The lowest BCUT2D eigenvalue weighted by Gasteiger charge is -2.09. The molecule has 1 saturated heterocycles. The first-order chi connectivity index (χ1) is 10.5. The highest BCUT2D eigenvalue weighted by Gasteiger charge is 2.34. The van der Waals surface area contributed by atoms with E-state index >= 15 is 0 Å². The molecule has 0 aliphatic carbocycles. The molecule has 1 aliphatic rings. The standard InChI is InChI=1S/C17H21NO3S/c1-4-9-18-16(19)15(22-17(18)20)10-13-5-7-14(8-6-13)21-11-12(2)3/h5-8,10,12H,4,9,11H2,1-3H3/b15-10+. The largest absolute Gasteiger partial charge is 0.493 e. The average molecular weight is 319 g/mol. The third-order valence-corrected chi connectivity index (χ3v) is 3.99. The molecule has 0 aromatic heterocycles. The van der Waals surface area contributed by atoms with Crippen molar-refractivity contribution in [2.75, 3.05) is 13.2 Å². The summed E-state index contributed by atoms with van der Waals surface area (Å²) in [6, 6.07) is 7.54. The van der Waals surface area contributed by atoms with Gasteiger partial charge in [-0.05, 0) is 47.9 Å². The Kier molecular flexibility index (Phi) is 5.66. The molecule has 2 amide bonds. The fourth-order valence-electron chi connectivity index (χ4n) is 1.99. The van der Waals surface area contributed by atoms with Gasteiger partial charge in [0, 0.05) is 6.54 Å². The molecule has 1 heterocycles. The first-order valence-electron chi connectivity index (χ1n) is 7.49. The van der Waals surface area contributed by atoms with Crippen molar-refractivity contribution < 1.29 is 14.3 Å². The van der Waals surface area contributed by atoms with Gasteiger partial charge in [-0.2, -0.15) is 0 Å². The molecule has 22 heavy (non-hydrogen) atoms. The van der Waals surface area contributed by atoms with Crippen LogP contribution in [-0.4, -0.2) is 29.2 Å². The lowest BCUT2D eigenvalue weighted by Crippen LogP contribution is -2.28. The zero-order chi connectivity index (χ0) is 16.1. The van der Waals surface area contributed by atoms with Crippen LogP contribution in [0, 0.1) is 5.92 Å². The average Bonchev–Trinajstić information content (AvgIpc) is 2.74. The summed E-state index contributed by atoms with van der Waals surface area (Å²) in [7, 11) is 0. The Labute approximate surface area is 135 Å². The summed E-state index contributed by atoms with van der Waals surface area (Å²) in [6.45, 7) is 7.30. The maximum atomic E-state index is 12.1. The van der Waals surface area contributed by atoms with Gasteiger partial charge >= 0.3 is 0 Å². The first-order valence-corrected chi connectivity index (χ1v) is 8.31. The molecule has 4 nitrogen and oxygen atoms in total. The fraction of sp³-hybridized carbons (Fsp3) is 0.412. The normalized spacial score (nSPS) is 16.9.